The molecule has 0 saturated carbocycles. The summed E-state index contributed by atoms with van der Waals surface area (Å²) in [6.45, 7) is 2.95. The quantitative estimate of drug-likeness (QED) is 0.492. The van der Waals surface area contributed by atoms with Gasteiger partial charge in [0, 0.05) is 16.7 Å². The Bertz CT molecular complexity index is 680. The van der Waals surface area contributed by atoms with Crippen LogP contribution in [0.15, 0.2) is 72.8 Å². The first-order valence-corrected chi connectivity index (χ1v) is 8.65. The molecule has 10 N–H and O–H groups in total. The summed E-state index contributed by atoms with van der Waals surface area (Å²) in [4.78, 5) is 1.51. The van der Waals surface area contributed by atoms with Crippen LogP contribution < -0.4 is 22.1 Å². The van der Waals surface area contributed by atoms with Crippen molar-refractivity contribution in [2.45, 2.75) is 19.6 Å². The van der Waals surface area contributed by atoms with E-state index in [1.165, 1.54) is 21.6 Å². The molecule has 0 saturated heterocycles. The molecule has 4 nitrogen and oxygen atoms in total. The molecule has 0 heterocycles. The van der Waals surface area contributed by atoms with Gasteiger partial charge in [0.15, 0.2) is 0 Å². The van der Waals surface area contributed by atoms with Crippen LogP contribution in [0.4, 0.5) is 17.1 Å². The second-order valence-corrected chi connectivity index (χ2v) is 6.73. The first-order valence-electron chi connectivity index (χ1n) is 8.65. The van der Waals surface area contributed by atoms with Crippen molar-refractivity contribution in [3.8, 4) is 0 Å². The van der Waals surface area contributed by atoms with Crippen molar-refractivity contribution in [1.82, 2.24) is 0 Å². The molecule has 3 aromatic carbocycles. The van der Waals surface area contributed by atoms with Crippen LogP contribution >= 0.6 is 0 Å². The number of hydrogen-bond donors (Lipinski definition) is 4. The highest BCUT2D eigenvalue weighted by atomic mass is 15.1. The lowest BCUT2D eigenvalue weighted by molar-refractivity contribution is -0.941. The van der Waals surface area contributed by atoms with E-state index in [-0.39, 0.29) is 0 Å². The Morgan fingerprint density at radius 3 is 0.920 bits per heavy atom. The molecule has 0 spiro atoms. The Morgan fingerprint density at radius 1 is 0.440 bits per heavy atom. The maximum Gasteiger partial charge on any atom is 0.127 e. The molecule has 3 aromatic rings. The molecule has 0 amide bonds. The predicted octanol–water partition coefficient (Wildman–Crippen LogP) is 0.0921. The molecule has 3 rings (SSSR count). The van der Waals surface area contributed by atoms with Gasteiger partial charge in [-0.3, -0.25) is 0 Å². The maximum atomic E-state index is 3.97. The SMILES string of the molecule is [NH3+]c1ccc(C[NH+](Cc2ccc([NH3+])cc2)Cc2ccc([NH3+])cc2)cc1. The van der Waals surface area contributed by atoms with E-state index in [2.05, 4.69) is 90.0 Å². The number of rotatable bonds is 6. The van der Waals surface area contributed by atoms with Gasteiger partial charge in [-0.1, -0.05) is 0 Å². The molecule has 0 bridgehead atoms. The van der Waals surface area contributed by atoms with Crippen LogP contribution in [0.5, 0.6) is 0 Å². The number of hydrogen-bond acceptors (Lipinski definition) is 0. The van der Waals surface area contributed by atoms with E-state index in [1.807, 2.05) is 0 Å². The van der Waals surface area contributed by atoms with Gasteiger partial charge in [0.25, 0.3) is 0 Å². The highest BCUT2D eigenvalue weighted by Crippen LogP contribution is 2.07. The van der Waals surface area contributed by atoms with E-state index in [1.54, 1.807) is 0 Å². The van der Waals surface area contributed by atoms with E-state index in [4.69, 9.17) is 0 Å². The fraction of sp³-hybridized carbons (Fsp3) is 0.143. The van der Waals surface area contributed by atoms with E-state index >= 15 is 0 Å². The Kier molecular flexibility index (Phi) is 5.58. The third kappa shape index (κ3) is 5.24. The van der Waals surface area contributed by atoms with Gasteiger partial charge < -0.3 is 22.1 Å². The third-order valence-corrected chi connectivity index (χ3v) is 4.43. The predicted molar refractivity (Wildman–Crippen MR) is 99.0 cm³/mol. The van der Waals surface area contributed by atoms with E-state index in [0.29, 0.717) is 0 Å². The zero-order valence-electron chi connectivity index (χ0n) is 14.7. The normalized spacial score (nSPS) is 11.0. The van der Waals surface area contributed by atoms with Crippen molar-refractivity contribution >= 4 is 17.1 Å². The van der Waals surface area contributed by atoms with Gasteiger partial charge in [-0.2, -0.15) is 0 Å². The van der Waals surface area contributed by atoms with Crippen LogP contribution in [0.25, 0.3) is 0 Å². The second-order valence-electron chi connectivity index (χ2n) is 6.73. The van der Waals surface area contributed by atoms with Gasteiger partial charge in [0.1, 0.15) is 36.7 Å². The van der Waals surface area contributed by atoms with Gasteiger partial charge in [-0.15, -0.1) is 0 Å². The summed E-state index contributed by atoms with van der Waals surface area (Å²) < 4.78 is 0. The summed E-state index contributed by atoms with van der Waals surface area (Å²) >= 11 is 0. The van der Waals surface area contributed by atoms with Crippen LogP contribution in [0.2, 0.25) is 0 Å². The monoisotopic (exact) mass is 336 g/mol. The average Bonchev–Trinajstić information content (AvgIpc) is 2.61. The minimum atomic E-state index is 0.985. The minimum absolute atomic E-state index is 0.985. The zero-order valence-corrected chi connectivity index (χ0v) is 14.7. The number of benzene rings is 3. The summed E-state index contributed by atoms with van der Waals surface area (Å²) in [6.07, 6.45) is 0. The maximum absolute atomic E-state index is 3.97. The van der Waals surface area contributed by atoms with E-state index in [0.717, 1.165) is 36.7 Å². The third-order valence-electron chi connectivity index (χ3n) is 4.43. The molecule has 0 atom stereocenters. The van der Waals surface area contributed by atoms with Crippen molar-refractivity contribution in [3.63, 3.8) is 0 Å². The van der Waals surface area contributed by atoms with Crippen molar-refractivity contribution in [1.29, 1.82) is 0 Å². The molecular weight excluding hydrogens is 308 g/mol. The first kappa shape index (κ1) is 17.3. The molecular formula is C21H28N4+4. The smallest absolute Gasteiger partial charge is 0.127 e. The molecule has 0 aliphatic rings. The van der Waals surface area contributed by atoms with Crippen LogP contribution in [0, 0.1) is 0 Å². The lowest BCUT2D eigenvalue weighted by atomic mass is 10.1. The molecule has 0 unspecified atom stereocenters. The van der Waals surface area contributed by atoms with Crippen molar-refractivity contribution in [2.24, 2.45) is 0 Å². The summed E-state index contributed by atoms with van der Waals surface area (Å²) in [5.74, 6) is 0. The summed E-state index contributed by atoms with van der Waals surface area (Å²) in [5.41, 5.74) is 19.1. The van der Waals surface area contributed by atoms with E-state index in [9.17, 15) is 0 Å². The summed E-state index contributed by atoms with van der Waals surface area (Å²) in [5, 5.41) is 0. The Hall–Kier alpha value is -2.50. The van der Waals surface area contributed by atoms with Gasteiger partial charge in [0.2, 0.25) is 0 Å². The van der Waals surface area contributed by atoms with Crippen LogP contribution in [-0.2, 0) is 19.6 Å². The van der Waals surface area contributed by atoms with Crippen molar-refractivity contribution in [2.75, 3.05) is 0 Å². The van der Waals surface area contributed by atoms with Crippen LogP contribution in [0.3, 0.4) is 0 Å². The van der Waals surface area contributed by atoms with Gasteiger partial charge in [-0.25, -0.2) is 0 Å². The summed E-state index contributed by atoms with van der Waals surface area (Å²) in [7, 11) is 0. The molecule has 0 aliphatic carbocycles. The molecule has 128 valence electrons. The highest BCUT2D eigenvalue weighted by molar-refractivity contribution is 5.32. The molecule has 0 radical (unpaired) electrons. The zero-order chi connectivity index (χ0) is 17.6. The molecule has 25 heavy (non-hydrogen) atoms. The highest BCUT2D eigenvalue weighted by Gasteiger charge is 2.13. The lowest BCUT2D eigenvalue weighted by Gasteiger charge is -2.20. The van der Waals surface area contributed by atoms with Crippen molar-refractivity contribution < 1.29 is 22.1 Å². The largest absolute Gasteiger partial charge is 0.325 e. The molecule has 0 aromatic heterocycles. The lowest BCUT2D eigenvalue weighted by Crippen LogP contribution is -3.08. The minimum Gasteiger partial charge on any atom is -0.325 e. The fourth-order valence-electron chi connectivity index (χ4n) is 3.02. The second kappa shape index (κ2) is 8.05. The topological polar surface area (TPSA) is 87.4 Å². The van der Waals surface area contributed by atoms with Gasteiger partial charge in [-0.05, 0) is 72.8 Å². The Morgan fingerprint density at radius 2 is 0.680 bits per heavy atom. The summed E-state index contributed by atoms with van der Waals surface area (Å²) in [6, 6.07) is 25.6. The number of quaternary nitrogens is 4. The molecule has 0 aliphatic heterocycles. The van der Waals surface area contributed by atoms with Gasteiger partial charge in [0.05, 0.1) is 0 Å². The molecule has 0 fully saturated rings. The van der Waals surface area contributed by atoms with Crippen LogP contribution in [0.1, 0.15) is 16.7 Å². The molecule has 4 heteroatoms. The number of nitrogens with one attached hydrogen (secondary N) is 1. The standard InChI is InChI=1S/C21H24N4/c22-19-7-1-16(2-8-19)13-25(14-17-3-9-20(23)10-4-17)15-18-5-11-21(24)12-6-18/h1-12H,13-15,22-24H2/p+4. The van der Waals surface area contributed by atoms with Crippen molar-refractivity contribution in [3.05, 3.63) is 89.5 Å². The fourth-order valence-corrected chi connectivity index (χ4v) is 3.02. The Balaban J connectivity index is 1.77. The Labute approximate surface area is 148 Å². The van der Waals surface area contributed by atoms with Crippen LogP contribution in [-0.4, -0.2) is 0 Å². The average molecular weight is 336 g/mol. The first-order chi connectivity index (χ1) is 12.1. The van der Waals surface area contributed by atoms with Gasteiger partial charge >= 0.3 is 0 Å². The van der Waals surface area contributed by atoms with E-state index < -0.39 is 0 Å².